The Kier molecular flexibility index (Phi) is 2.49. The van der Waals surface area contributed by atoms with E-state index < -0.39 is 0 Å². The van der Waals surface area contributed by atoms with Crippen LogP contribution < -0.4 is 0 Å². The van der Waals surface area contributed by atoms with Crippen molar-refractivity contribution in [2.45, 2.75) is 50.9 Å². The molecule has 0 aromatic heterocycles. The van der Waals surface area contributed by atoms with Gasteiger partial charge in [0.15, 0.2) is 0 Å². The number of hydrogen-bond acceptors (Lipinski definition) is 1. The van der Waals surface area contributed by atoms with Crippen LogP contribution in [0, 0.1) is 29.1 Å². The second-order valence-corrected chi connectivity index (χ2v) is 7.96. The van der Waals surface area contributed by atoms with Crippen molar-refractivity contribution in [3.05, 3.63) is 35.9 Å². The fraction of sp³-hybridized carbons (Fsp3) is 0.650. The third-order valence-electron chi connectivity index (χ3n) is 7.36. The summed E-state index contributed by atoms with van der Waals surface area (Å²) in [5.41, 5.74) is 1.72. The van der Waals surface area contributed by atoms with E-state index in [0.29, 0.717) is 5.78 Å². The van der Waals surface area contributed by atoms with E-state index in [9.17, 15) is 4.79 Å². The van der Waals surface area contributed by atoms with E-state index in [2.05, 4.69) is 30.3 Å². The van der Waals surface area contributed by atoms with Crippen molar-refractivity contribution >= 4 is 5.78 Å². The maximum Gasteiger partial charge on any atom is 0.139 e. The molecule has 1 spiro atoms. The zero-order valence-corrected chi connectivity index (χ0v) is 12.6. The molecule has 0 bridgehead atoms. The SMILES string of the molecule is O=C1CCC[C@@H]2[C@H]([C@@H]3C[C@H]3c3ccccc3)[C@H]3CCC[C@@]123. The number of rotatable bonds is 2. The number of Topliss-reactive ketones (excluding diaryl/α,β-unsaturated/α-hetero) is 1. The molecule has 1 nitrogen and oxygen atoms in total. The first-order valence-corrected chi connectivity index (χ1v) is 8.90. The highest BCUT2D eigenvalue weighted by molar-refractivity contribution is 5.88. The predicted octanol–water partition coefficient (Wildman–Crippen LogP) is 4.58. The summed E-state index contributed by atoms with van der Waals surface area (Å²) in [6.45, 7) is 0. The van der Waals surface area contributed by atoms with Crippen molar-refractivity contribution < 1.29 is 4.79 Å². The molecule has 4 aliphatic carbocycles. The van der Waals surface area contributed by atoms with Gasteiger partial charge >= 0.3 is 0 Å². The molecule has 1 aromatic carbocycles. The summed E-state index contributed by atoms with van der Waals surface area (Å²) < 4.78 is 0. The molecule has 0 aliphatic heterocycles. The van der Waals surface area contributed by atoms with Crippen LogP contribution in [0.3, 0.4) is 0 Å². The summed E-state index contributed by atoms with van der Waals surface area (Å²) in [6.07, 6.45) is 8.64. The maximum absolute atomic E-state index is 12.6. The first kappa shape index (κ1) is 12.4. The van der Waals surface area contributed by atoms with Crippen molar-refractivity contribution in [1.82, 2.24) is 0 Å². The van der Waals surface area contributed by atoms with Gasteiger partial charge < -0.3 is 0 Å². The average molecular weight is 280 g/mol. The predicted molar refractivity (Wildman–Crippen MR) is 82.9 cm³/mol. The molecule has 21 heavy (non-hydrogen) atoms. The third kappa shape index (κ3) is 1.50. The summed E-state index contributed by atoms with van der Waals surface area (Å²) in [6, 6.07) is 11.1. The topological polar surface area (TPSA) is 17.1 Å². The lowest BCUT2D eigenvalue weighted by Crippen LogP contribution is -2.60. The number of carbonyl (C=O) groups excluding carboxylic acids is 1. The van der Waals surface area contributed by atoms with E-state index in [1.807, 2.05) is 0 Å². The molecule has 6 atom stereocenters. The first-order valence-electron chi connectivity index (χ1n) is 8.90. The van der Waals surface area contributed by atoms with Crippen molar-refractivity contribution in [3.8, 4) is 0 Å². The van der Waals surface area contributed by atoms with E-state index in [-0.39, 0.29) is 5.41 Å². The molecule has 0 N–H and O–H groups in total. The highest BCUT2D eigenvalue weighted by Gasteiger charge is 2.70. The Morgan fingerprint density at radius 1 is 1.00 bits per heavy atom. The van der Waals surface area contributed by atoms with Crippen LogP contribution in [0.15, 0.2) is 30.3 Å². The van der Waals surface area contributed by atoms with Crippen LogP contribution >= 0.6 is 0 Å². The molecule has 0 heterocycles. The molecule has 0 radical (unpaired) electrons. The highest BCUT2D eigenvalue weighted by atomic mass is 16.1. The number of benzene rings is 1. The maximum atomic E-state index is 12.6. The van der Waals surface area contributed by atoms with Crippen LogP contribution in [0.25, 0.3) is 0 Å². The van der Waals surface area contributed by atoms with Crippen LogP contribution in [-0.2, 0) is 4.79 Å². The summed E-state index contributed by atoms with van der Waals surface area (Å²) in [7, 11) is 0. The van der Waals surface area contributed by atoms with Gasteiger partial charge in [-0.1, -0.05) is 36.8 Å². The summed E-state index contributed by atoms with van der Waals surface area (Å²) in [4.78, 5) is 12.6. The Hall–Kier alpha value is -1.11. The van der Waals surface area contributed by atoms with Gasteiger partial charge in [0.25, 0.3) is 0 Å². The van der Waals surface area contributed by atoms with Crippen molar-refractivity contribution in [3.63, 3.8) is 0 Å². The number of ketones is 1. The molecule has 0 unspecified atom stereocenters. The minimum absolute atomic E-state index is 0.173. The van der Waals surface area contributed by atoms with Crippen LogP contribution in [0.5, 0.6) is 0 Å². The molecule has 0 amide bonds. The van der Waals surface area contributed by atoms with Crippen LogP contribution in [0.4, 0.5) is 0 Å². The normalized spacial score (nSPS) is 47.4. The van der Waals surface area contributed by atoms with E-state index in [1.54, 1.807) is 5.56 Å². The van der Waals surface area contributed by atoms with Gasteiger partial charge in [0.05, 0.1) is 0 Å². The smallest absolute Gasteiger partial charge is 0.139 e. The van der Waals surface area contributed by atoms with Gasteiger partial charge in [-0.05, 0) is 67.3 Å². The van der Waals surface area contributed by atoms with Gasteiger partial charge in [-0.15, -0.1) is 0 Å². The van der Waals surface area contributed by atoms with Gasteiger partial charge in [-0.3, -0.25) is 4.79 Å². The molecule has 1 aromatic rings. The molecule has 1 heteroatoms. The lowest BCUT2D eigenvalue weighted by molar-refractivity contribution is -0.170. The monoisotopic (exact) mass is 280 g/mol. The van der Waals surface area contributed by atoms with E-state index in [1.165, 1.54) is 32.1 Å². The average Bonchev–Trinajstić information content (AvgIpc) is 3.19. The number of hydrogen-bond donors (Lipinski definition) is 0. The molecule has 4 fully saturated rings. The quantitative estimate of drug-likeness (QED) is 0.775. The van der Waals surface area contributed by atoms with Crippen molar-refractivity contribution in [2.24, 2.45) is 29.1 Å². The fourth-order valence-electron chi connectivity index (χ4n) is 6.60. The third-order valence-corrected chi connectivity index (χ3v) is 7.36. The van der Waals surface area contributed by atoms with Gasteiger partial charge in [-0.2, -0.15) is 0 Å². The lowest BCUT2D eigenvalue weighted by atomic mass is 9.42. The van der Waals surface area contributed by atoms with Crippen LogP contribution in [0.2, 0.25) is 0 Å². The summed E-state index contributed by atoms with van der Waals surface area (Å²) >= 11 is 0. The Morgan fingerprint density at radius 2 is 1.76 bits per heavy atom. The molecule has 5 rings (SSSR count). The van der Waals surface area contributed by atoms with Gasteiger partial charge in [0.1, 0.15) is 5.78 Å². The molecule has 4 saturated carbocycles. The standard InChI is InChI=1S/C20H24O/c21-18-10-4-8-16-19(17-9-5-11-20(16,17)18)15-12-14(15)13-6-2-1-3-7-13/h1-3,6-7,14-17,19H,4-5,8-12H2/t14-,15+,16+,17+,19-,20+/m0/s1. The minimum Gasteiger partial charge on any atom is -0.299 e. The Labute approximate surface area is 127 Å². The number of carbonyl (C=O) groups is 1. The first-order chi connectivity index (χ1) is 10.3. The largest absolute Gasteiger partial charge is 0.299 e. The summed E-state index contributed by atoms with van der Waals surface area (Å²) in [5, 5.41) is 0. The lowest BCUT2D eigenvalue weighted by Gasteiger charge is -2.61. The van der Waals surface area contributed by atoms with E-state index >= 15 is 0 Å². The molecular weight excluding hydrogens is 256 g/mol. The summed E-state index contributed by atoms with van der Waals surface area (Å²) in [5.74, 6) is 4.72. The van der Waals surface area contributed by atoms with Crippen molar-refractivity contribution in [1.29, 1.82) is 0 Å². The Morgan fingerprint density at radius 3 is 2.57 bits per heavy atom. The van der Waals surface area contributed by atoms with E-state index in [0.717, 1.165) is 42.4 Å². The van der Waals surface area contributed by atoms with Gasteiger partial charge in [0, 0.05) is 11.8 Å². The minimum atomic E-state index is 0.173. The van der Waals surface area contributed by atoms with Gasteiger partial charge in [-0.25, -0.2) is 0 Å². The second kappa shape index (κ2) is 4.21. The Balaban J connectivity index is 1.41. The fourth-order valence-corrected chi connectivity index (χ4v) is 6.60. The molecule has 4 aliphatic rings. The highest BCUT2D eigenvalue weighted by Crippen LogP contribution is 2.74. The van der Waals surface area contributed by atoms with Crippen molar-refractivity contribution in [2.75, 3.05) is 0 Å². The van der Waals surface area contributed by atoms with Crippen LogP contribution in [0.1, 0.15) is 56.4 Å². The zero-order chi connectivity index (χ0) is 14.0. The van der Waals surface area contributed by atoms with E-state index in [4.69, 9.17) is 0 Å². The van der Waals surface area contributed by atoms with Crippen LogP contribution in [-0.4, -0.2) is 5.78 Å². The second-order valence-electron chi connectivity index (χ2n) is 7.96. The Bertz CT molecular complexity index is 577. The molecular formula is C20H24O. The van der Waals surface area contributed by atoms with Gasteiger partial charge in [0.2, 0.25) is 0 Å². The molecule has 0 saturated heterocycles. The zero-order valence-electron chi connectivity index (χ0n) is 12.6. The molecule has 110 valence electrons.